The normalized spacial score (nSPS) is 25.6. The topological polar surface area (TPSA) is 141 Å². The van der Waals surface area contributed by atoms with E-state index in [2.05, 4.69) is 48.0 Å². The second-order valence-electron chi connectivity index (χ2n) is 17.6. The molecular formula is C45H47ClN8O5. The van der Waals surface area contributed by atoms with E-state index < -0.39 is 29.7 Å². The van der Waals surface area contributed by atoms with Gasteiger partial charge in [0.2, 0.25) is 11.8 Å². The number of anilines is 3. The van der Waals surface area contributed by atoms with Gasteiger partial charge in [-0.25, -0.2) is 0 Å². The highest BCUT2D eigenvalue weighted by Gasteiger charge is 2.49. The van der Waals surface area contributed by atoms with E-state index in [0.29, 0.717) is 33.8 Å². The summed E-state index contributed by atoms with van der Waals surface area (Å²) >= 11 is 6.34. The molecule has 0 saturated carbocycles. The lowest BCUT2D eigenvalue weighted by atomic mass is 9.77. The lowest BCUT2D eigenvalue weighted by Gasteiger charge is -2.43. The van der Waals surface area contributed by atoms with Crippen LogP contribution in [-0.4, -0.2) is 121 Å². The highest BCUT2D eigenvalue weighted by atomic mass is 35.5. The van der Waals surface area contributed by atoms with E-state index in [1.807, 2.05) is 36.4 Å². The lowest BCUT2D eigenvalue weighted by molar-refractivity contribution is -0.136. The summed E-state index contributed by atoms with van der Waals surface area (Å²) in [6.45, 7) is 7.23. The highest BCUT2D eigenvalue weighted by molar-refractivity contribution is 6.32. The van der Waals surface area contributed by atoms with Crippen LogP contribution >= 0.6 is 11.6 Å². The smallest absolute Gasteiger partial charge is 0.262 e. The van der Waals surface area contributed by atoms with E-state index in [9.17, 15) is 29.2 Å². The second kappa shape index (κ2) is 14.7. The number of fused-ring (bicyclic) bond motifs is 3. The molecule has 1 N–H and O–H groups in total. The molecule has 5 amide bonds. The zero-order valence-corrected chi connectivity index (χ0v) is 33.7. The number of piperidine rings is 3. The van der Waals surface area contributed by atoms with Crippen molar-refractivity contribution in [3.63, 3.8) is 0 Å². The van der Waals surface area contributed by atoms with Crippen LogP contribution in [0.3, 0.4) is 0 Å². The third kappa shape index (κ3) is 6.61. The molecular weight excluding hydrogens is 768 g/mol. The molecule has 7 aliphatic heterocycles. The number of carbonyl (C=O) groups excluding carboxylic acids is 5. The van der Waals surface area contributed by atoms with E-state index in [4.69, 9.17) is 11.6 Å². The molecule has 0 radical (unpaired) electrons. The van der Waals surface area contributed by atoms with E-state index in [-0.39, 0.29) is 30.2 Å². The fraction of sp³-hybridized carbons (Fsp3) is 0.467. The minimum atomic E-state index is -0.977. The Kier molecular flexibility index (Phi) is 9.40. The zero-order chi connectivity index (χ0) is 40.6. The number of hydrogen-bond donors (Lipinski definition) is 1. The largest absolute Gasteiger partial charge is 0.371 e. The average molecular weight is 815 g/mol. The molecule has 2 bridgehead atoms. The molecule has 1 unspecified atom stereocenters. The molecule has 0 aromatic heterocycles. The van der Waals surface area contributed by atoms with Gasteiger partial charge in [0.1, 0.15) is 12.1 Å². The summed E-state index contributed by atoms with van der Waals surface area (Å²) in [6.07, 6.45) is 6.54. The summed E-state index contributed by atoms with van der Waals surface area (Å²) in [5.74, 6) is -1.86. The first kappa shape index (κ1) is 37.8. The van der Waals surface area contributed by atoms with Crippen molar-refractivity contribution in [3.8, 4) is 6.07 Å². The van der Waals surface area contributed by atoms with Gasteiger partial charge in [-0.2, -0.15) is 5.26 Å². The third-order valence-corrected chi connectivity index (χ3v) is 14.8. The van der Waals surface area contributed by atoms with Crippen molar-refractivity contribution in [2.24, 2.45) is 5.41 Å². The van der Waals surface area contributed by atoms with Crippen LogP contribution in [0.2, 0.25) is 5.02 Å². The molecule has 3 aromatic rings. The Balaban J connectivity index is 0.702. The van der Waals surface area contributed by atoms with E-state index in [0.717, 1.165) is 113 Å². The van der Waals surface area contributed by atoms with Crippen molar-refractivity contribution in [1.29, 1.82) is 5.26 Å². The van der Waals surface area contributed by atoms with E-state index in [1.54, 1.807) is 12.1 Å². The second-order valence-corrected chi connectivity index (χ2v) is 18.0. The summed E-state index contributed by atoms with van der Waals surface area (Å²) in [5, 5.41) is 12.0. The number of imide groups is 2. The van der Waals surface area contributed by atoms with Crippen LogP contribution in [0.5, 0.6) is 0 Å². The van der Waals surface area contributed by atoms with E-state index >= 15 is 0 Å². The Morgan fingerprint density at radius 2 is 1.39 bits per heavy atom. The summed E-state index contributed by atoms with van der Waals surface area (Å²) < 4.78 is 0. The number of likely N-dealkylation sites (tertiary alicyclic amines) is 2. The van der Waals surface area contributed by atoms with Crippen LogP contribution in [0.4, 0.5) is 17.1 Å². The summed E-state index contributed by atoms with van der Waals surface area (Å²) in [6, 6.07) is 21.5. The van der Waals surface area contributed by atoms with E-state index in [1.165, 1.54) is 5.69 Å². The average Bonchev–Trinajstić information content (AvgIpc) is 4.04. The van der Waals surface area contributed by atoms with Crippen molar-refractivity contribution in [2.75, 3.05) is 67.1 Å². The number of benzene rings is 3. The number of amides is 5. The molecule has 1 spiro atoms. The van der Waals surface area contributed by atoms with Crippen molar-refractivity contribution in [1.82, 2.24) is 20.0 Å². The van der Waals surface area contributed by atoms with Crippen molar-refractivity contribution >= 4 is 58.2 Å². The first-order chi connectivity index (χ1) is 28.6. The lowest BCUT2D eigenvalue weighted by Crippen LogP contribution is -2.54. The number of rotatable bonds is 6. The quantitative estimate of drug-likeness (QED) is 0.349. The van der Waals surface area contributed by atoms with Gasteiger partial charge in [-0.15, -0.1) is 0 Å². The molecule has 13 nitrogen and oxygen atoms in total. The van der Waals surface area contributed by atoms with Crippen molar-refractivity contribution < 1.29 is 24.0 Å². The van der Waals surface area contributed by atoms with Crippen LogP contribution in [0.25, 0.3) is 0 Å². The van der Waals surface area contributed by atoms with Gasteiger partial charge in [-0.1, -0.05) is 11.6 Å². The van der Waals surface area contributed by atoms with Gasteiger partial charge in [0.05, 0.1) is 21.7 Å². The Labute approximate surface area is 348 Å². The maximum atomic E-state index is 13.8. The standard InChI is InChI=1S/C45H47ClN8O5/c46-38-23-33(6-3-29(38)24-47)51-20-15-45(27-51)13-18-50(19-14-45)30-4-1-28(2-5-30)42(57)53-26-34-21-35(53)25-52(34)31-11-16-49(17-12-31)32-7-8-36-37(22-32)44(59)54(43(36)58)39-9-10-40(55)48-41(39)56/h1-8,22-23,31,34-35,39H,9-21,25-27H2,(H,48,55,56)/t34-,35-,39?/m0/s1. The number of halogens is 1. The van der Waals surface area contributed by atoms with Crippen LogP contribution in [0.15, 0.2) is 60.7 Å². The molecule has 7 aliphatic rings. The summed E-state index contributed by atoms with van der Waals surface area (Å²) in [4.78, 5) is 77.3. The fourth-order valence-corrected chi connectivity index (χ4v) is 11.3. The predicted octanol–water partition coefficient (Wildman–Crippen LogP) is 4.68. The molecule has 6 fully saturated rings. The number of carbonyl (C=O) groups is 5. The number of hydrogen-bond acceptors (Lipinski definition) is 10. The number of nitrogens with zero attached hydrogens (tertiary/aromatic N) is 7. The number of nitrogens with one attached hydrogen (secondary N) is 1. The Bertz CT molecular complexity index is 2300. The number of piperazine rings is 1. The summed E-state index contributed by atoms with van der Waals surface area (Å²) in [5.41, 5.74) is 5.28. The monoisotopic (exact) mass is 814 g/mol. The molecule has 3 aromatic carbocycles. The maximum Gasteiger partial charge on any atom is 0.262 e. The Morgan fingerprint density at radius 1 is 0.729 bits per heavy atom. The molecule has 6 saturated heterocycles. The first-order valence-electron chi connectivity index (χ1n) is 21.0. The molecule has 7 heterocycles. The predicted molar refractivity (Wildman–Crippen MR) is 222 cm³/mol. The molecule has 10 rings (SSSR count). The third-order valence-electron chi connectivity index (χ3n) is 14.4. The van der Waals surface area contributed by atoms with Gasteiger partial charge < -0.3 is 19.6 Å². The highest BCUT2D eigenvalue weighted by Crippen LogP contribution is 2.44. The van der Waals surface area contributed by atoms with Crippen LogP contribution in [-0.2, 0) is 9.59 Å². The van der Waals surface area contributed by atoms with Crippen LogP contribution in [0.1, 0.15) is 88.0 Å². The molecule has 304 valence electrons. The molecule has 14 heteroatoms. The van der Waals surface area contributed by atoms with Gasteiger partial charge in [-0.3, -0.25) is 39.1 Å². The van der Waals surface area contributed by atoms with Crippen LogP contribution in [0, 0.1) is 16.7 Å². The maximum absolute atomic E-state index is 13.8. The Morgan fingerprint density at radius 3 is 2.07 bits per heavy atom. The molecule has 0 aliphatic carbocycles. The zero-order valence-electron chi connectivity index (χ0n) is 32.9. The summed E-state index contributed by atoms with van der Waals surface area (Å²) in [7, 11) is 0. The molecule has 59 heavy (non-hydrogen) atoms. The van der Waals surface area contributed by atoms with Gasteiger partial charge in [0.25, 0.3) is 17.7 Å². The van der Waals surface area contributed by atoms with Crippen molar-refractivity contribution in [3.05, 3.63) is 87.9 Å². The first-order valence-corrected chi connectivity index (χ1v) is 21.4. The van der Waals surface area contributed by atoms with Crippen LogP contribution < -0.4 is 20.0 Å². The minimum absolute atomic E-state index is 0.0905. The Hall–Kier alpha value is -5.45. The molecule has 3 atom stereocenters. The van der Waals surface area contributed by atoms with Gasteiger partial charge >= 0.3 is 0 Å². The minimum Gasteiger partial charge on any atom is -0.371 e. The fourth-order valence-electron chi connectivity index (χ4n) is 11.1. The van der Waals surface area contributed by atoms with Gasteiger partial charge in [0, 0.05) is 99.5 Å². The van der Waals surface area contributed by atoms with Gasteiger partial charge in [-0.05, 0) is 111 Å². The van der Waals surface area contributed by atoms with Crippen molar-refractivity contribution in [2.45, 2.75) is 75.5 Å². The SMILES string of the molecule is N#Cc1ccc(N2CCC3(CCN(c4ccc(C(=O)N5C[C@@H]6C[C@H]5CN6C5CCN(c6ccc7c(c6)C(=O)N(C6CCC(=O)NC6=O)C7=O)CC5)cc4)CC3)C2)cc1Cl. The van der Waals surface area contributed by atoms with Gasteiger partial charge in [0.15, 0.2) is 0 Å². The number of nitriles is 1.